The van der Waals surface area contributed by atoms with Crippen LogP contribution in [0.15, 0.2) is 36.4 Å². The van der Waals surface area contributed by atoms with E-state index in [1.54, 1.807) is 4.90 Å². The van der Waals surface area contributed by atoms with Crippen LogP contribution in [0.3, 0.4) is 0 Å². The number of nitrogens with zero attached hydrogens (tertiary/aromatic N) is 3. The van der Waals surface area contributed by atoms with E-state index in [4.69, 9.17) is 10.5 Å². The number of carbonyl (C=O) groups is 2. The normalized spacial score (nSPS) is 25.2. The third kappa shape index (κ3) is 3.05. The second-order valence-corrected chi connectivity index (χ2v) is 8.03. The van der Waals surface area contributed by atoms with Crippen molar-refractivity contribution in [2.24, 2.45) is 0 Å². The van der Waals surface area contributed by atoms with Crippen LogP contribution >= 0.6 is 0 Å². The van der Waals surface area contributed by atoms with Gasteiger partial charge in [-0.1, -0.05) is 30.3 Å². The van der Waals surface area contributed by atoms with Crippen LogP contribution in [0.1, 0.15) is 24.4 Å². The molecule has 0 aliphatic carbocycles. The number of anilines is 1. The molecule has 2 N–H and O–H groups in total. The van der Waals surface area contributed by atoms with Crippen molar-refractivity contribution in [2.75, 3.05) is 45.1 Å². The summed E-state index contributed by atoms with van der Waals surface area (Å²) in [6.07, 6.45) is 1.51. The number of hydrogen-bond donors (Lipinski definition) is 1. The van der Waals surface area contributed by atoms with Crippen molar-refractivity contribution >= 4 is 28.4 Å². The Kier molecular flexibility index (Phi) is 4.64. The molecule has 2 aromatic rings. The van der Waals surface area contributed by atoms with Gasteiger partial charge in [-0.2, -0.15) is 0 Å². The summed E-state index contributed by atoms with van der Waals surface area (Å²) >= 11 is 0. The maximum atomic E-state index is 13.2. The van der Waals surface area contributed by atoms with Crippen LogP contribution in [0.25, 0.3) is 10.8 Å². The van der Waals surface area contributed by atoms with Crippen molar-refractivity contribution in [1.82, 2.24) is 14.7 Å². The fraction of sp³-hybridized carbons (Fsp3) is 0.455. The zero-order valence-corrected chi connectivity index (χ0v) is 16.4. The molecule has 3 fully saturated rings. The molecule has 3 saturated heterocycles. The molecule has 7 heteroatoms. The van der Waals surface area contributed by atoms with Crippen LogP contribution in [-0.2, 0) is 9.53 Å². The van der Waals surface area contributed by atoms with E-state index >= 15 is 0 Å². The van der Waals surface area contributed by atoms with Gasteiger partial charge >= 0.3 is 6.03 Å². The van der Waals surface area contributed by atoms with Crippen molar-refractivity contribution in [3.63, 3.8) is 0 Å². The van der Waals surface area contributed by atoms with Crippen LogP contribution in [-0.4, -0.2) is 72.1 Å². The lowest BCUT2D eigenvalue weighted by Crippen LogP contribution is -2.43. The Balaban J connectivity index is 1.39. The number of imide groups is 1. The minimum atomic E-state index is -0.339. The molecule has 0 radical (unpaired) electrons. The first-order valence-corrected chi connectivity index (χ1v) is 10.4. The average molecular weight is 394 g/mol. The van der Waals surface area contributed by atoms with E-state index in [0.717, 1.165) is 41.5 Å². The van der Waals surface area contributed by atoms with Gasteiger partial charge in [0.25, 0.3) is 5.91 Å². The molecule has 2 aromatic carbocycles. The minimum absolute atomic E-state index is 0.0505. The van der Waals surface area contributed by atoms with Gasteiger partial charge in [-0.3, -0.25) is 14.6 Å². The second-order valence-electron chi connectivity index (χ2n) is 8.03. The van der Waals surface area contributed by atoms with Crippen molar-refractivity contribution in [3.05, 3.63) is 42.0 Å². The van der Waals surface area contributed by atoms with Crippen LogP contribution in [0.4, 0.5) is 10.5 Å². The van der Waals surface area contributed by atoms with Crippen molar-refractivity contribution < 1.29 is 14.3 Å². The van der Waals surface area contributed by atoms with Crippen molar-refractivity contribution in [3.8, 4) is 0 Å². The Bertz CT molecular complexity index is 956. The van der Waals surface area contributed by atoms with Crippen LogP contribution in [0.2, 0.25) is 0 Å². The molecule has 2 atom stereocenters. The Labute approximate surface area is 170 Å². The molecule has 29 heavy (non-hydrogen) atoms. The first kappa shape index (κ1) is 18.4. The number of nitrogen functional groups attached to an aromatic ring is 1. The highest BCUT2D eigenvalue weighted by molar-refractivity contribution is 6.05. The van der Waals surface area contributed by atoms with Gasteiger partial charge in [-0.25, -0.2) is 4.79 Å². The zero-order valence-electron chi connectivity index (χ0n) is 16.4. The molecule has 7 nitrogen and oxygen atoms in total. The monoisotopic (exact) mass is 394 g/mol. The number of urea groups is 1. The predicted octanol–water partition coefficient (Wildman–Crippen LogP) is 2.22. The number of fused-ring (bicyclic) bond motifs is 2. The Morgan fingerprint density at radius 1 is 0.931 bits per heavy atom. The lowest BCUT2D eigenvalue weighted by atomic mass is 9.96. The summed E-state index contributed by atoms with van der Waals surface area (Å²) in [7, 11) is 0. The zero-order chi connectivity index (χ0) is 20.0. The minimum Gasteiger partial charge on any atom is -0.398 e. The fourth-order valence-electron chi connectivity index (χ4n) is 4.95. The number of morpholine rings is 1. The molecule has 5 rings (SSSR count). The summed E-state index contributed by atoms with van der Waals surface area (Å²) in [5.74, 6) is -0.0505. The van der Waals surface area contributed by atoms with E-state index in [-0.39, 0.29) is 24.0 Å². The second kappa shape index (κ2) is 7.31. The maximum absolute atomic E-state index is 13.2. The molecular weight excluding hydrogens is 368 g/mol. The molecule has 0 saturated carbocycles. The Morgan fingerprint density at radius 3 is 2.45 bits per heavy atom. The number of ether oxygens (including phenoxy) is 1. The number of rotatable bonds is 4. The standard InChI is InChI=1S/C22H26N4O3/c23-18-6-5-17(15-3-1-2-4-16(15)18)19-7-8-20-21(27)25(22(28)26(19)20)10-9-24-11-13-29-14-12-24/h1-6,19-20H,7-14,23H2. The lowest BCUT2D eigenvalue weighted by Gasteiger charge is -2.28. The van der Waals surface area contributed by atoms with E-state index in [1.165, 1.54) is 4.90 Å². The Morgan fingerprint density at radius 2 is 1.66 bits per heavy atom. The van der Waals surface area contributed by atoms with Crippen molar-refractivity contribution in [1.29, 1.82) is 0 Å². The number of carbonyl (C=O) groups excluding carboxylic acids is 2. The van der Waals surface area contributed by atoms with E-state index in [2.05, 4.69) is 4.90 Å². The summed E-state index contributed by atoms with van der Waals surface area (Å²) in [4.78, 5) is 31.7. The molecule has 0 aromatic heterocycles. The third-order valence-electron chi connectivity index (χ3n) is 6.48. The molecule has 3 amide bonds. The van der Waals surface area contributed by atoms with Gasteiger partial charge in [-0.15, -0.1) is 0 Å². The number of benzene rings is 2. The summed E-state index contributed by atoms with van der Waals surface area (Å²) < 4.78 is 5.37. The van der Waals surface area contributed by atoms with Crippen LogP contribution in [0, 0.1) is 0 Å². The summed E-state index contributed by atoms with van der Waals surface area (Å²) in [6, 6.07) is 11.4. The quantitative estimate of drug-likeness (QED) is 0.635. The SMILES string of the molecule is Nc1ccc(C2CCC3C(=O)N(CCN4CCOCC4)C(=O)N32)c2ccccc12. The number of amides is 3. The fourth-order valence-corrected chi connectivity index (χ4v) is 4.95. The smallest absolute Gasteiger partial charge is 0.328 e. The van der Waals surface area contributed by atoms with Crippen LogP contribution < -0.4 is 5.73 Å². The van der Waals surface area contributed by atoms with E-state index in [1.807, 2.05) is 36.4 Å². The molecule has 3 aliphatic rings. The van der Waals surface area contributed by atoms with Gasteiger partial charge in [0.1, 0.15) is 6.04 Å². The number of nitrogens with two attached hydrogens (primary N) is 1. The first-order valence-electron chi connectivity index (χ1n) is 10.4. The molecular formula is C22H26N4O3. The molecule has 3 heterocycles. The summed E-state index contributed by atoms with van der Waals surface area (Å²) in [6.45, 7) is 4.27. The van der Waals surface area contributed by atoms with Gasteiger partial charge in [0.2, 0.25) is 0 Å². The summed E-state index contributed by atoms with van der Waals surface area (Å²) in [5, 5.41) is 2.06. The third-order valence-corrected chi connectivity index (χ3v) is 6.48. The molecule has 2 unspecified atom stereocenters. The molecule has 3 aliphatic heterocycles. The van der Waals surface area contributed by atoms with Crippen molar-refractivity contribution in [2.45, 2.75) is 24.9 Å². The van der Waals surface area contributed by atoms with Gasteiger partial charge in [0.15, 0.2) is 0 Å². The predicted molar refractivity (Wildman–Crippen MR) is 110 cm³/mol. The van der Waals surface area contributed by atoms with Gasteiger partial charge < -0.3 is 15.4 Å². The van der Waals surface area contributed by atoms with E-state index in [9.17, 15) is 9.59 Å². The topological polar surface area (TPSA) is 79.1 Å². The highest BCUT2D eigenvalue weighted by Crippen LogP contribution is 2.43. The first-order chi connectivity index (χ1) is 14.1. The van der Waals surface area contributed by atoms with E-state index < -0.39 is 0 Å². The van der Waals surface area contributed by atoms with Gasteiger partial charge in [0, 0.05) is 37.3 Å². The lowest BCUT2D eigenvalue weighted by molar-refractivity contribution is -0.128. The Hall–Kier alpha value is -2.64. The summed E-state index contributed by atoms with van der Waals surface area (Å²) in [5.41, 5.74) is 7.96. The van der Waals surface area contributed by atoms with Gasteiger partial charge in [-0.05, 0) is 29.9 Å². The number of hydrogen-bond acceptors (Lipinski definition) is 5. The van der Waals surface area contributed by atoms with E-state index in [0.29, 0.717) is 32.7 Å². The molecule has 152 valence electrons. The average Bonchev–Trinajstić information content (AvgIpc) is 3.28. The van der Waals surface area contributed by atoms with Crippen LogP contribution in [0.5, 0.6) is 0 Å². The highest BCUT2D eigenvalue weighted by Gasteiger charge is 2.52. The largest absolute Gasteiger partial charge is 0.398 e. The highest BCUT2D eigenvalue weighted by atomic mass is 16.5. The molecule has 0 bridgehead atoms. The molecule has 0 spiro atoms. The maximum Gasteiger partial charge on any atom is 0.328 e. The van der Waals surface area contributed by atoms with Gasteiger partial charge in [0.05, 0.1) is 19.3 Å².